The number of fused-ring (bicyclic) bond motifs is 1. The first-order valence-corrected chi connectivity index (χ1v) is 12.6. The van der Waals surface area contributed by atoms with Gasteiger partial charge in [-0.2, -0.15) is 0 Å². The van der Waals surface area contributed by atoms with Crippen LogP contribution in [0.3, 0.4) is 0 Å². The fourth-order valence-corrected chi connectivity index (χ4v) is 4.40. The summed E-state index contributed by atoms with van der Waals surface area (Å²) in [6.07, 6.45) is 22.9. The molecule has 4 nitrogen and oxygen atoms in total. The van der Waals surface area contributed by atoms with Crippen molar-refractivity contribution in [3.63, 3.8) is 0 Å². The van der Waals surface area contributed by atoms with Crippen molar-refractivity contribution in [1.29, 1.82) is 0 Å². The molecule has 0 radical (unpaired) electrons. The number of aromatic amines is 1. The molecule has 3 rings (SSSR count). The lowest BCUT2D eigenvalue weighted by atomic mass is 9.95. The second-order valence-corrected chi connectivity index (χ2v) is 8.91. The summed E-state index contributed by atoms with van der Waals surface area (Å²) in [5.74, 6) is 1.19. The summed E-state index contributed by atoms with van der Waals surface area (Å²) >= 11 is 0. The van der Waals surface area contributed by atoms with E-state index in [4.69, 9.17) is 0 Å². The standard InChI is InChI=1S/C31H37N3O/c1-5-8-19-32-23(4)24(6-2)13-11-9-10-12-14-31-33-22-30(34-31)29-21-27-16-18-28(35)17-15-26(27)20-25(29)7-3/h5-8,16,18-22H,1,3,9-15,17H2,2,4H3,(H,33,34)/b19-8-,24-6-,32-23-. The van der Waals surface area contributed by atoms with Crippen LogP contribution in [-0.2, 0) is 17.6 Å². The number of aliphatic imine (C=N–C) groups is 1. The summed E-state index contributed by atoms with van der Waals surface area (Å²) in [4.78, 5) is 24.4. The normalized spacial score (nSPS) is 14.3. The second-order valence-electron chi connectivity index (χ2n) is 8.91. The Hall–Kier alpha value is -3.53. The van der Waals surface area contributed by atoms with E-state index in [2.05, 4.69) is 60.2 Å². The molecular formula is C31H37N3O. The lowest BCUT2D eigenvalue weighted by molar-refractivity contribution is -0.114. The maximum Gasteiger partial charge on any atom is 0.156 e. The summed E-state index contributed by atoms with van der Waals surface area (Å²) in [6.45, 7) is 11.8. The van der Waals surface area contributed by atoms with Gasteiger partial charge in [-0.05, 0) is 80.0 Å². The van der Waals surface area contributed by atoms with Crippen LogP contribution in [0.15, 0.2) is 72.6 Å². The molecule has 0 saturated carbocycles. The zero-order valence-corrected chi connectivity index (χ0v) is 21.1. The topological polar surface area (TPSA) is 58.1 Å². The number of allylic oxidation sites excluding steroid dienone is 5. The average molecular weight is 468 g/mol. The molecule has 1 heterocycles. The molecule has 1 N–H and O–H groups in total. The number of aryl methyl sites for hydroxylation is 2. The number of aromatic nitrogens is 2. The number of carbonyl (C=O) groups is 1. The van der Waals surface area contributed by atoms with E-state index in [1.165, 1.54) is 24.0 Å². The highest BCUT2D eigenvalue weighted by Crippen LogP contribution is 2.30. The van der Waals surface area contributed by atoms with E-state index in [1.54, 1.807) is 18.4 Å². The molecule has 0 aliphatic heterocycles. The number of carbonyl (C=O) groups excluding carboxylic acids is 1. The van der Waals surface area contributed by atoms with Gasteiger partial charge in [0.15, 0.2) is 5.78 Å². The van der Waals surface area contributed by atoms with Crippen molar-refractivity contribution in [2.24, 2.45) is 4.99 Å². The molecule has 0 saturated heterocycles. The van der Waals surface area contributed by atoms with Gasteiger partial charge in [-0.15, -0.1) is 0 Å². The monoisotopic (exact) mass is 467 g/mol. The maximum atomic E-state index is 11.8. The molecule has 0 atom stereocenters. The van der Waals surface area contributed by atoms with Crippen LogP contribution in [-0.4, -0.2) is 21.5 Å². The summed E-state index contributed by atoms with van der Waals surface area (Å²) < 4.78 is 0. The van der Waals surface area contributed by atoms with E-state index in [0.717, 1.165) is 66.0 Å². The molecule has 0 fully saturated rings. The van der Waals surface area contributed by atoms with Crippen LogP contribution >= 0.6 is 0 Å². The van der Waals surface area contributed by atoms with Crippen molar-refractivity contribution in [2.75, 3.05) is 0 Å². The van der Waals surface area contributed by atoms with Crippen molar-refractivity contribution in [2.45, 2.75) is 65.2 Å². The molecule has 2 aromatic rings. The van der Waals surface area contributed by atoms with E-state index < -0.39 is 0 Å². The van der Waals surface area contributed by atoms with Gasteiger partial charge in [-0.1, -0.05) is 56.4 Å². The maximum absolute atomic E-state index is 11.8. The molecule has 1 aliphatic carbocycles. The Morgan fingerprint density at radius 1 is 1.14 bits per heavy atom. The van der Waals surface area contributed by atoms with E-state index in [1.807, 2.05) is 24.4 Å². The van der Waals surface area contributed by atoms with Crippen LogP contribution in [0.2, 0.25) is 0 Å². The Bertz CT molecular complexity index is 1170. The smallest absolute Gasteiger partial charge is 0.156 e. The average Bonchev–Trinajstić information content (AvgIpc) is 3.26. The van der Waals surface area contributed by atoms with E-state index in [9.17, 15) is 4.79 Å². The van der Waals surface area contributed by atoms with Crippen molar-refractivity contribution in [1.82, 2.24) is 9.97 Å². The molecule has 1 aromatic heterocycles. The quantitative estimate of drug-likeness (QED) is 0.196. The predicted octanol–water partition coefficient (Wildman–Crippen LogP) is 7.85. The third-order valence-corrected chi connectivity index (χ3v) is 6.45. The van der Waals surface area contributed by atoms with Gasteiger partial charge in [-0.25, -0.2) is 4.98 Å². The highest BCUT2D eigenvalue weighted by Gasteiger charge is 2.14. The van der Waals surface area contributed by atoms with E-state index >= 15 is 0 Å². The highest BCUT2D eigenvalue weighted by molar-refractivity contribution is 5.98. The Labute approximate surface area is 210 Å². The fraction of sp³-hybridized carbons (Fsp3) is 0.323. The van der Waals surface area contributed by atoms with Gasteiger partial charge in [0.2, 0.25) is 0 Å². The van der Waals surface area contributed by atoms with Crippen LogP contribution in [0.1, 0.15) is 74.9 Å². The van der Waals surface area contributed by atoms with Gasteiger partial charge in [-0.3, -0.25) is 9.79 Å². The molecule has 0 bridgehead atoms. The number of hydrogen-bond acceptors (Lipinski definition) is 3. The zero-order chi connectivity index (χ0) is 25.0. The first-order chi connectivity index (χ1) is 17.0. The molecule has 182 valence electrons. The SMILES string of the molecule is C=C\C=C/N=C(C)\C(=C/C)CCCCCCc1ncc(-c2cc3c(cc2C=C)CCC(=O)C=C3)[nH]1. The zero-order valence-electron chi connectivity index (χ0n) is 21.1. The third kappa shape index (κ3) is 7.48. The molecule has 4 heteroatoms. The highest BCUT2D eigenvalue weighted by atomic mass is 16.1. The van der Waals surface area contributed by atoms with Crippen LogP contribution in [0.25, 0.3) is 23.4 Å². The minimum atomic E-state index is 0.178. The number of unbranched alkanes of at least 4 members (excludes halogenated alkanes) is 3. The predicted molar refractivity (Wildman–Crippen MR) is 149 cm³/mol. The van der Waals surface area contributed by atoms with Crippen molar-refractivity contribution < 1.29 is 4.79 Å². The van der Waals surface area contributed by atoms with Gasteiger partial charge in [0.1, 0.15) is 5.82 Å². The summed E-state index contributed by atoms with van der Waals surface area (Å²) in [6, 6.07) is 4.30. The van der Waals surface area contributed by atoms with E-state index in [-0.39, 0.29) is 5.78 Å². The minimum Gasteiger partial charge on any atom is -0.342 e. The number of benzene rings is 1. The molecular weight excluding hydrogens is 430 g/mol. The van der Waals surface area contributed by atoms with Gasteiger partial charge in [0.25, 0.3) is 0 Å². The summed E-state index contributed by atoms with van der Waals surface area (Å²) in [5, 5.41) is 0. The minimum absolute atomic E-state index is 0.178. The molecule has 0 unspecified atom stereocenters. The van der Waals surface area contributed by atoms with Crippen molar-refractivity contribution in [3.05, 3.63) is 90.1 Å². The number of H-pyrrole nitrogens is 1. The molecule has 1 aliphatic rings. The van der Waals surface area contributed by atoms with Crippen LogP contribution in [0.4, 0.5) is 0 Å². The number of hydrogen-bond donors (Lipinski definition) is 1. The Morgan fingerprint density at radius 3 is 2.74 bits per heavy atom. The lowest BCUT2D eigenvalue weighted by Gasteiger charge is -2.10. The number of ketones is 1. The summed E-state index contributed by atoms with van der Waals surface area (Å²) in [5.41, 5.74) is 7.83. The fourth-order valence-electron chi connectivity index (χ4n) is 4.40. The van der Waals surface area contributed by atoms with Crippen LogP contribution in [0, 0.1) is 0 Å². The molecule has 35 heavy (non-hydrogen) atoms. The Balaban J connectivity index is 1.52. The number of rotatable bonds is 12. The molecule has 1 aromatic carbocycles. The summed E-state index contributed by atoms with van der Waals surface area (Å²) in [7, 11) is 0. The first-order valence-electron chi connectivity index (χ1n) is 12.6. The van der Waals surface area contributed by atoms with Crippen LogP contribution < -0.4 is 0 Å². The van der Waals surface area contributed by atoms with Gasteiger partial charge >= 0.3 is 0 Å². The second kappa shape index (κ2) is 13.4. The number of nitrogens with zero attached hydrogens (tertiary/aromatic N) is 2. The van der Waals surface area contributed by atoms with Crippen molar-refractivity contribution in [3.8, 4) is 11.3 Å². The molecule has 0 spiro atoms. The van der Waals surface area contributed by atoms with E-state index in [0.29, 0.717) is 6.42 Å². The Kier molecular flexibility index (Phi) is 9.97. The molecule has 0 amide bonds. The lowest BCUT2D eigenvalue weighted by Crippen LogP contribution is -1.97. The number of imidazole rings is 1. The largest absolute Gasteiger partial charge is 0.342 e. The first kappa shape index (κ1) is 26.1. The van der Waals surface area contributed by atoms with Gasteiger partial charge in [0.05, 0.1) is 11.9 Å². The van der Waals surface area contributed by atoms with Gasteiger partial charge in [0, 0.05) is 30.3 Å². The Morgan fingerprint density at radius 2 is 1.97 bits per heavy atom. The van der Waals surface area contributed by atoms with Crippen molar-refractivity contribution >= 4 is 23.6 Å². The van der Waals surface area contributed by atoms with Crippen LogP contribution in [0.5, 0.6) is 0 Å². The van der Waals surface area contributed by atoms with Gasteiger partial charge < -0.3 is 4.98 Å². The third-order valence-electron chi connectivity index (χ3n) is 6.45. The number of nitrogens with one attached hydrogen (secondary N) is 1.